The average molecular weight is 608 g/mol. The topological polar surface area (TPSA) is 71.3 Å². The van der Waals surface area contributed by atoms with Crippen molar-refractivity contribution in [2.45, 2.75) is 43.6 Å². The molecule has 2 heterocycles. The Morgan fingerprint density at radius 3 is 2.33 bits per heavy atom. The monoisotopic (exact) mass is 607 g/mol. The van der Waals surface area contributed by atoms with E-state index in [0.717, 1.165) is 46.5 Å². The number of carbonyl (C=O) groups is 2. The molecule has 0 aliphatic carbocycles. The molecule has 7 nitrogen and oxygen atoms in total. The van der Waals surface area contributed by atoms with Crippen LogP contribution in [0.25, 0.3) is 17.1 Å². The van der Waals surface area contributed by atoms with Crippen LogP contribution in [0.15, 0.2) is 90.1 Å². The van der Waals surface area contributed by atoms with Crippen LogP contribution < -0.4 is 0 Å². The third-order valence-corrected chi connectivity index (χ3v) is 8.39. The minimum Gasteiger partial charge on any atom is -0.339 e. The van der Waals surface area contributed by atoms with Crippen LogP contribution in [0.1, 0.15) is 42.1 Å². The van der Waals surface area contributed by atoms with Gasteiger partial charge < -0.3 is 9.80 Å². The van der Waals surface area contributed by atoms with Gasteiger partial charge in [-0.25, -0.2) is 0 Å². The van der Waals surface area contributed by atoms with E-state index in [0.29, 0.717) is 25.9 Å². The number of unbranched alkanes of at least 4 members (excludes halogenated alkanes) is 1. The minimum atomic E-state index is -4.52. The molecule has 224 valence electrons. The number of hydrogen-bond donors (Lipinski definition) is 0. The number of thioether (sulfide) groups is 1. The minimum absolute atomic E-state index is 0.00191. The van der Waals surface area contributed by atoms with Crippen molar-refractivity contribution < 1.29 is 22.8 Å². The molecule has 0 saturated carbocycles. The second kappa shape index (κ2) is 13.5. The van der Waals surface area contributed by atoms with Crippen molar-refractivity contribution in [3.8, 4) is 17.1 Å². The summed E-state index contributed by atoms with van der Waals surface area (Å²) < 4.78 is 41.4. The molecule has 1 aliphatic rings. The lowest BCUT2D eigenvalue weighted by Gasteiger charge is -2.40. The summed E-state index contributed by atoms with van der Waals surface area (Å²) in [5, 5.41) is 9.70. The number of amides is 2. The maximum absolute atomic E-state index is 13.1. The van der Waals surface area contributed by atoms with Crippen molar-refractivity contribution in [1.29, 1.82) is 0 Å². The van der Waals surface area contributed by atoms with E-state index >= 15 is 0 Å². The molecular weight excluding hydrogens is 575 g/mol. The van der Waals surface area contributed by atoms with Gasteiger partial charge >= 0.3 is 6.18 Å². The van der Waals surface area contributed by atoms with E-state index < -0.39 is 17.6 Å². The summed E-state index contributed by atoms with van der Waals surface area (Å²) in [7, 11) is 0. The lowest BCUT2D eigenvalue weighted by atomic mass is 10.1. The summed E-state index contributed by atoms with van der Waals surface area (Å²) in [4.78, 5) is 29.2. The van der Waals surface area contributed by atoms with Crippen molar-refractivity contribution in [2.75, 3.05) is 25.4 Å². The zero-order valence-electron chi connectivity index (χ0n) is 23.7. The molecule has 0 spiro atoms. The van der Waals surface area contributed by atoms with Crippen LogP contribution in [0.4, 0.5) is 13.2 Å². The molecule has 3 aromatic carbocycles. The smallest absolute Gasteiger partial charge is 0.339 e. The zero-order chi connectivity index (χ0) is 30.4. The quantitative estimate of drug-likeness (QED) is 0.159. The summed E-state index contributed by atoms with van der Waals surface area (Å²) in [5.74, 6) is 1.09. The Hall–Kier alpha value is -4.12. The SMILES string of the molecule is CC1CN(C(=O)CCCCSc2nnc(-c3ccccc3)n2-c2ccccc2)CCN1C(=O)c1cccc(C(F)(F)F)c1. The molecule has 2 amide bonds. The van der Waals surface area contributed by atoms with Gasteiger partial charge in [-0.15, -0.1) is 10.2 Å². The number of aromatic nitrogens is 3. The number of rotatable bonds is 9. The Morgan fingerprint density at radius 1 is 0.907 bits per heavy atom. The normalized spacial score (nSPS) is 15.5. The number of nitrogens with zero attached hydrogens (tertiary/aromatic N) is 5. The van der Waals surface area contributed by atoms with Crippen molar-refractivity contribution in [3.63, 3.8) is 0 Å². The van der Waals surface area contributed by atoms with Gasteiger partial charge in [-0.2, -0.15) is 13.2 Å². The summed E-state index contributed by atoms with van der Waals surface area (Å²) in [6, 6.07) is 24.0. The highest BCUT2D eigenvalue weighted by atomic mass is 32.2. The Bertz CT molecular complexity index is 1550. The Kier molecular flexibility index (Phi) is 9.49. The summed E-state index contributed by atoms with van der Waals surface area (Å²) in [6.07, 6.45) is -2.62. The number of piperazine rings is 1. The molecule has 4 aromatic rings. The number of para-hydroxylation sites is 1. The van der Waals surface area contributed by atoms with Crippen LogP contribution in [0.3, 0.4) is 0 Å². The fourth-order valence-electron chi connectivity index (χ4n) is 5.13. The van der Waals surface area contributed by atoms with Gasteiger partial charge in [-0.05, 0) is 50.1 Å². The molecule has 11 heteroatoms. The van der Waals surface area contributed by atoms with Crippen molar-refractivity contribution >= 4 is 23.6 Å². The highest BCUT2D eigenvalue weighted by molar-refractivity contribution is 7.99. The molecule has 1 saturated heterocycles. The average Bonchev–Trinajstić information content (AvgIpc) is 3.45. The van der Waals surface area contributed by atoms with Gasteiger partial charge in [0.25, 0.3) is 5.91 Å². The summed E-state index contributed by atoms with van der Waals surface area (Å²) in [5.41, 5.74) is 1.10. The van der Waals surface area contributed by atoms with Gasteiger partial charge in [0.2, 0.25) is 5.91 Å². The van der Waals surface area contributed by atoms with E-state index in [-0.39, 0.29) is 24.1 Å². The van der Waals surface area contributed by atoms with Crippen molar-refractivity contribution in [2.24, 2.45) is 0 Å². The van der Waals surface area contributed by atoms with Gasteiger partial charge in [0, 0.05) is 54.7 Å². The molecule has 43 heavy (non-hydrogen) atoms. The standard InChI is InChI=1S/C32H32F3N5O2S/c1-23-22-38(18-19-39(23)30(42)25-13-10-14-26(21-25)32(33,34)35)28(41)17-8-9-20-43-31-37-36-29(24-11-4-2-5-12-24)40(31)27-15-6-3-7-16-27/h2-7,10-16,21,23H,8-9,17-20,22H2,1H3. The molecule has 1 atom stereocenters. The number of alkyl halides is 3. The van der Waals surface area contributed by atoms with Crippen molar-refractivity contribution in [1.82, 2.24) is 24.6 Å². The second-order valence-corrected chi connectivity index (χ2v) is 11.5. The third kappa shape index (κ3) is 7.27. The molecule has 0 radical (unpaired) electrons. The number of hydrogen-bond acceptors (Lipinski definition) is 5. The predicted octanol–water partition coefficient (Wildman–Crippen LogP) is 6.59. The lowest BCUT2D eigenvalue weighted by molar-refractivity contribution is -0.137. The van der Waals surface area contributed by atoms with Crippen LogP contribution in [-0.4, -0.2) is 67.8 Å². The van der Waals surface area contributed by atoms with Gasteiger partial charge in [0.1, 0.15) is 0 Å². The Labute approximate surface area is 252 Å². The molecule has 1 aliphatic heterocycles. The molecule has 0 bridgehead atoms. The van der Waals surface area contributed by atoms with Crippen LogP contribution in [-0.2, 0) is 11.0 Å². The first-order chi connectivity index (χ1) is 20.7. The fourth-order valence-corrected chi connectivity index (χ4v) is 6.08. The second-order valence-electron chi connectivity index (χ2n) is 10.4. The van der Waals surface area contributed by atoms with Gasteiger partial charge in [-0.3, -0.25) is 14.2 Å². The highest BCUT2D eigenvalue weighted by Crippen LogP contribution is 2.31. The highest BCUT2D eigenvalue weighted by Gasteiger charge is 2.33. The predicted molar refractivity (Wildman–Crippen MR) is 160 cm³/mol. The van der Waals surface area contributed by atoms with E-state index in [1.165, 1.54) is 12.1 Å². The van der Waals surface area contributed by atoms with Gasteiger partial charge in [0.05, 0.1) is 5.56 Å². The largest absolute Gasteiger partial charge is 0.416 e. The maximum atomic E-state index is 13.1. The summed E-state index contributed by atoms with van der Waals surface area (Å²) in [6.45, 7) is 2.79. The van der Waals surface area contributed by atoms with Gasteiger partial charge in [-0.1, -0.05) is 66.4 Å². The number of carbonyl (C=O) groups excluding carboxylic acids is 2. The molecule has 5 rings (SSSR count). The van der Waals surface area contributed by atoms with Crippen LogP contribution in [0, 0.1) is 0 Å². The molecule has 1 aromatic heterocycles. The van der Waals surface area contributed by atoms with E-state index in [1.54, 1.807) is 21.6 Å². The number of benzene rings is 3. The first kappa shape index (κ1) is 30.3. The van der Waals surface area contributed by atoms with E-state index in [1.807, 2.05) is 72.2 Å². The first-order valence-electron chi connectivity index (χ1n) is 14.2. The molecule has 1 fully saturated rings. The molecule has 1 unspecified atom stereocenters. The zero-order valence-corrected chi connectivity index (χ0v) is 24.5. The molecule has 0 N–H and O–H groups in total. The van der Waals surface area contributed by atoms with Crippen LogP contribution >= 0.6 is 11.8 Å². The summed E-state index contributed by atoms with van der Waals surface area (Å²) >= 11 is 1.60. The van der Waals surface area contributed by atoms with E-state index in [2.05, 4.69) is 10.2 Å². The Balaban J connectivity index is 1.12. The molecular formula is C32H32F3N5O2S. The van der Waals surface area contributed by atoms with E-state index in [9.17, 15) is 22.8 Å². The van der Waals surface area contributed by atoms with Crippen LogP contribution in [0.2, 0.25) is 0 Å². The first-order valence-corrected chi connectivity index (χ1v) is 15.2. The lowest BCUT2D eigenvalue weighted by Crippen LogP contribution is -2.55. The third-order valence-electron chi connectivity index (χ3n) is 7.37. The maximum Gasteiger partial charge on any atom is 0.416 e. The number of halogens is 3. The van der Waals surface area contributed by atoms with Gasteiger partial charge in [0.15, 0.2) is 11.0 Å². The van der Waals surface area contributed by atoms with Crippen molar-refractivity contribution in [3.05, 3.63) is 96.1 Å². The fraction of sp³-hybridized carbons (Fsp3) is 0.312. The Morgan fingerprint density at radius 2 is 1.63 bits per heavy atom. The van der Waals surface area contributed by atoms with Crippen LogP contribution in [0.5, 0.6) is 0 Å². The van der Waals surface area contributed by atoms with E-state index in [4.69, 9.17) is 0 Å².